The molecule has 0 aliphatic heterocycles. The first-order valence-corrected chi connectivity index (χ1v) is 17.2. The van der Waals surface area contributed by atoms with Crippen LogP contribution in [0.1, 0.15) is 36.5 Å². The molecule has 0 radical (unpaired) electrons. The zero-order chi connectivity index (χ0) is 33.2. The summed E-state index contributed by atoms with van der Waals surface area (Å²) >= 11 is 0. The first-order chi connectivity index (χ1) is 23.9. The minimum Gasteiger partial charge on any atom is -0.310 e. The first-order valence-electron chi connectivity index (χ1n) is 17.2. The predicted molar refractivity (Wildman–Crippen MR) is 207 cm³/mol. The Morgan fingerprint density at radius 3 is 1.53 bits per heavy atom. The van der Waals surface area contributed by atoms with Gasteiger partial charge in [-0.05, 0) is 111 Å². The van der Waals surface area contributed by atoms with Crippen molar-refractivity contribution in [2.75, 3.05) is 0 Å². The van der Waals surface area contributed by atoms with E-state index in [1.807, 2.05) is 6.07 Å². The van der Waals surface area contributed by atoms with Crippen LogP contribution in [-0.2, 0) is 7.05 Å². The van der Waals surface area contributed by atoms with Gasteiger partial charge in [0.25, 0.3) is 0 Å². The second kappa shape index (κ2) is 11.4. The maximum atomic E-state index is 4.86. The highest BCUT2D eigenvalue weighted by Gasteiger charge is 2.23. The molecule has 1 aromatic heterocycles. The smallest absolute Gasteiger partial charge is 0.164 e. The summed E-state index contributed by atoms with van der Waals surface area (Å²) in [7, 11) is 2.08. The third-order valence-corrected chi connectivity index (χ3v) is 10.5. The maximum absolute atomic E-state index is 4.86. The largest absolute Gasteiger partial charge is 0.310 e. The van der Waals surface area contributed by atoms with Gasteiger partial charge in [-0.2, -0.15) is 0 Å². The number of benzene rings is 7. The summed E-state index contributed by atoms with van der Waals surface area (Å²) < 4.78 is 2.14. The fourth-order valence-corrected chi connectivity index (χ4v) is 7.76. The Balaban J connectivity index is 1.42. The lowest BCUT2D eigenvalue weighted by atomic mass is 9.81. The van der Waals surface area contributed by atoms with Crippen molar-refractivity contribution >= 4 is 37.9 Å². The molecule has 3 heteroatoms. The summed E-state index contributed by atoms with van der Waals surface area (Å²) in [4.78, 5) is 0. The van der Waals surface area contributed by atoms with E-state index >= 15 is 0 Å². The molecule has 1 aliphatic rings. The van der Waals surface area contributed by atoms with Crippen molar-refractivity contribution in [2.24, 2.45) is 7.05 Å². The molecule has 8 aromatic rings. The lowest BCUT2D eigenvalue weighted by molar-refractivity contribution is 0.931. The molecule has 0 N–H and O–H groups in total. The Morgan fingerprint density at radius 2 is 0.980 bits per heavy atom. The summed E-state index contributed by atoms with van der Waals surface area (Å²) in [6.07, 6.45) is 6.78. The van der Waals surface area contributed by atoms with Gasteiger partial charge in [-0.25, -0.2) is 0 Å². The van der Waals surface area contributed by atoms with Crippen LogP contribution in [0.2, 0.25) is 0 Å². The van der Waals surface area contributed by atoms with Gasteiger partial charge in [0.1, 0.15) is 0 Å². The summed E-state index contributed by atoms with van der Waals surface area (Å²) in [5, 5.41) is 17.2. The number of aromatic nitrogens is 3. The van der Waals surface area contributed by atoms with Crippen LogP contribution in [0.5, 0.6) is 0 Å². The minimum atomic E-state index is 0.856. The molecule has 3 nitrogen and oxygen atoms in total. The predicted octanol–water partition coefficient (Wildman–Crippen LogP) is 12.1. The monoisotopic (exact) mass is 631 g/mol. The van der Waals surface area contributed by atoms with E-state index in [-0.39, 0.29) is 0 Å². The highest BCUT2D eigenvalue weighted by molar-refractivity contribution is 6.31. The SMILES string of the molecule is CC1=CC=C(c2cc(-c3ccc(C)cc3)c3ccc4c(-c5ccc(C)cc5)cc(-c5nnc(-c6ccccc6)n5C)c5ccc2c3c45)CC1. The van der Waals surface area contributed by atoms with Crippen LogP contribution >= 0.6 is 0 Å². The van der Waals surface area contributed by atoms with Gasteiger partial charge in [0, 0.05) is 18.2 Å². The number of rotatable bonds is 5. The number of hydrogen-bond donors (Lipinski definition) is 0. The van der Waals surface area contributed by atoms with Crippen LogP contribution in [0.3, 0.4) is 0 Å². The molecule has 7 aromatic carbocycles. The van der Waals surface area contributed by atoms with Crippen molar-refractivity contribution < 1.29 is 0 Å². The lowest BCUT2D eigenvalue weighted by Gasteiger charge is -2.22. The quantitative estimate of drug-likeness (QED) is 0.177. The third-order valence-electron chi connectivity index (χ3n) is 10.5. The van der Waals surface area contributed by atoms with Crippen LogP contribution in [-0.4, -0.2) is 14.8 Å². The van der Waals surface area contributed by atoms with Crippen molar-refractivity contribution in [1.82, 2.24) is 14.8 Å². The highest BCUT2D eigenvalue weighted by atomic mass is 15.3. The summed E-state index contributed by atoms with van der Waals surface area (Å²) in [5.74, 6) is 1.72. The van der Waals surface area contributed by atoms with E-state index in [0.717, 1.165) is 35.6 Å². The fourth-order valence-electron chi connectivity index (χ4n) is 7.76. The maximum Gasteiger partial charge on any atom is 0.164 e. The molecule has 0 saturated carbocycles. The first kappa shape index (κ1) is 29.3. The highest BCUT2D eigenvalue weighted by Crippen LogP contribution is 2.48. The van der Waals surface area contributed by atoms with Crippen molar-refractivity contribution in [3.05, 3.63) is 150 Å². The molecule has 1 aliphatic carbocycles. The van der Waals surface area contributed by atoms with E-state index < -0.39 is 0 Å². The molecule has 0 saturated heterocycles. The van der Waals surface area contributed by atoms with Crippen molar-refractivity contribution in [2.45, 2.75) is 33.6 Å². The van der Waals surface area contributed by atoms with Gasteiger partial charge >= 0.3 is 0 Å². The van der Waals surface area contributed by atoms with Crippen molar-refractivity contribution in [3.63, 3.8) is 0 Å². The summed E-state index contributed by atoms with van der Waals surface area (Å²) in [6, 6.07) is 42.4. The van der Waals surface area contributed by atoms with Crippen molar-refractivity contribution in [1.29, 1.82) is 0 Å². The average Bonchev–Trinajstić information content (AvgIpc) is 3.52. The van der Waals surface area contributed by atoms with Crippen LogP contribution in [0.4, 0.5) is 0 Å². The third kappa shape index (κ3) is 4.80. The molecular weight excluding hydrogens is 595 g/mol. The Morgan fingerprint density at radius 1 is 0.469 bits per heavy atom. The molecule has 0 amide bonds. The summed E-state index contributed by atoms with van der Waals surface area (Å²) in [6.45, 7) is 6.54. The Kier molecular flexibility index (Phi) is 6.84. The molecule has 0 bridgehead atoms. The van der Waals surface area contributed by atoms with Crippen LogP contribution in [0.15, 0.2) is 133 Å². The van der Waals surface area contributed by atoms with Gasteiger partial charge in [-0.15, -0.1) is 10.2 Å². The second-order valence-corrected chi connectivity index (χ2v) is 13.7. The van der Waals surface area contributed by atoms with E-state index in [9.17, 15) is 0 Å². The van der Waals surface area contributed by atoms with Gasteiger partial charge in [0.2, 0.25) is 0 Å². The van der Waals surface area contributed by atoms with Gasteiger partial charge in [-0.3, -0.25) is 0 Å². The second-order valence-electron chi connectivity index (χ2n) is 13.7. The van der Waals surface area contributed by atoms with E-state index in [1.165, 1.54) is 82.4 Å². The Hall–Kier alpha value is -5.80. The molecule has 0 atom stereocenters. The summed E-state index contributed by atoms with van der Waals surface area (Å²) in [5.41, 5.74) is 13.7. The standard InChI is InChI=1S/C46H37N3/c1-28-10-16-31(17-11-28)39-26-40(32-18-12-29(2)13-19-32)36-24-25-38-42(46-48-47-45(49(46)4)34-8-6-5-7-9-34)27-41(33-20-14-30(3)15-21-33)37-23-22-35(39)43(36)44(37)38/h5-12,14-18,20-27H,13,19H2,1-4H3. The number of aryl methyl sites for hydroxylation is 2. The molecule has 1 heterocycles. The van der Waals surface area contributed by atoms with Gasteiger partial charge in [0.15, 0.2) is 11.6 Å². The molecule has 9 rings (SSSR count). The zero-order valence-electron chi connectivity index (χ0n) is 28.4. The minimum absolute atomic E-state index is 0.856. The van der Waals surface area contributed by atoms with Gasteiger partial charge < -0.3 is 4.57 Å². The normalized spacial score (nSPS) is 13.4. The Bertz CT molecular complexity index is 2600. The van der Waals surface area contributed by atoms with Crippen molar-refractivity contribution in [3.8, 4) is 45.0 Å². The van der Waals surface area contributed by atoms with Gasteiger partial charge in [-0.1, -0.05) is 132 Å². The molecule has 0 fully saturated rings. The van der Waals surface area contributed by atoms with E-state index in [0.29, 0.717) is 0 Å². The number of hydrogen-bond acceptors (Lipinski definition) is 2. The van der Waals surface area contributed by atoms with E-state index in [4.69, 9.17) is 10.2 Å². The van der Waals surface area contributed by atoms with E-state index in [1.54, 1.807) is 0 Å². The van der Waals surface area contributed by atoms with Gasteiger partial charge in [0.05, 0.1) is 0 Å². The van der Waals surface area contributed by atoms with Crippen LogP contribution in [0, 0.1) is 13.8 Å². The van der Waals surface area contributed by atoms with Crippen LogP contribution < -0.4 is 0 Å². The lowest BCUT2D eigenvalue weighted by Crippen LogP contribution is -1.99. The zero-order valence-corrected chi connectivity index (χ0v) is 28.4. The fraction of sp³-hybridized carbons (Fsp3) is 0.130. The number of allylic oxidation sites excluding steroid dienone is 4. The Labute approximate surface area is 287 Å². The molecule has 0 spiro atoms. The van der Waals surface area contributed by atoms with E-state index in [2.05, 4.69) is 154 Å². The molecular formula is C46H37N3. The average molecular weight is 632 g/mol. The molecule has 0 unspecified atom stereocenters. The van der Waals surface area contributed by atoms with Crippen LogP contribution in [0.25, 0.3) is 82.9 Å². The molecule has 236 valence electrons. The number of nitrogens with zero attached hydrogens (tertiary/aromatic N) is 3. The topological polar surface area (TPSA) is 30.7 Å². The molecule has 49 heavy (non-hydrogen) atoms.